The van der Waals surface area contributed by atoms with E-state index in [-0.39, 0.29) is 35.8 Å². The molecule has 3 rings (SSSR count). The van der Waals surface area contributed by atoms with Crippen molar-refractivity contribution < 1.29 is 19.1 Å². The lowest BCUT2D eigenvalue weighted by Crippen LogP contribution is -2.45. The second-order valence-electron chi connectivity index (χ2n) is 9.22. The van der Waals surface area contributed by atoms with E-state index in [1.54, 1.807) is 31.2 Å². The van der Waals surface area contributed by atoms with Gasteiger partial charge in [-0.1, -0.05) is 19.8 Å². The van der Waals surface area contributed by atoms with Crippen LogP contribution in [0.5, 0.6) is 5.75 Å². The maximum absolute atomic E-state index is 13.3. The molecule has 2 aliphatic rings. The van der Waals surface area contributed by atoms with Crippen molar-refractivity contribution in [3.8, 4) is 5.75 Å². The Morgan fingerprint density at radius 3 is 2.55 bits per heavy atom. The highest BCUT2D eigenvalue weighted by atomic mass is 16.5. The van der Waals surface area contributed by atoms with Crippen LogP contribution < -0.4 is 10.1 Å². The van der Waals surface area contributed by atoms with Crippen LogP contribution in [-0.4, -0.2) is 74.7 Å². The van der Waals surface area contributed by atoms with Gasteiger partial charge in [0.05, 0.1) is 11.7 Å². The van der Waals surface area contributed by atoms with Crippen LogP contribution >= 0.6 is 0 Å². The number of anilines is 1. The van der Waals surface area contributed by atoms with Gasteiger partial charge in [0.2, 0.25) is 5.91 Å². The SMILES string of the molecule is CO[C@@H]1CN(C)C(=O)c2cc(NC(=O)C3CCCC3)ccc2OC[C@@H](C)N(C)C[C@H]1C. The second kappa shape index (κ2) is 10.5. The van der Waals surface area contributed by atoms with Crippen molar-refractivity contribution in [2.75, 3.05) is 46.2 Å². The first-order chi connectivity index (χ1) is 14.8. The molecule has 1 aromatic rings. The first kappa shape index (κ1) is 23.5. The predicted molar refractivity (Wildman–Crippen MR) is 122 cm³/mol. The van der Waals surface area contributed by atoms with Crippen LogP contribution in [0.4, 0.5) is 5.69 Å². The minimum absolute atomic E-state index is 0.0378. The number of hydrogen-bond donors (Lipinski definition) is 1. The Balaban J connectivity index is 1.87. The number of amides is 2. The first-order valence-corrected chi connectivity index (χ1v) is 11.4. The molecule has 7 heteroatoms. The molecule has 0 saturated heterocycles. The molecule has 1 aromatic carbocycles. The molecule has 0 aromatic heterocycles. The van der Waals surface area contributed by atoms with Gasteiger partial charge < -0.3 is 19.7 Å². The summed E-state index contributed by atoms with van der Waals surface area (Å²) in [7, 11) is 5.57. The van der Waals surface area contributed by atoms with Crippen molar-refractivity contribution in [2.24, 2.45) is 11.8 Å². The van der Waals surface area contributed by atoms with E-state index in [1.165, 1.54) is 0 Å². The number of carbonyl (C=O) groups is 2. The van der Waals surface area contributed by atoms with Gasteiger partial charge in [-0.25, -0.2) is 0 Å². The lowest BCUT2D eigenvalue weighted by Gasteiger charge is -2.34. The standard InChI is InChI=1S/C24H37N3O4/c1-16-13-26(3)17(2)15-31-21-11-10-19(25-23(28)18-8-6-7-9-18)12-20(21)24(29)27(4)14-22(16)30-5/h10-12,16-18,22H,6-9,13-15H2,1-5H3,(H,25,28)/t16-,17-,22-/m1/s1. The molecule has 1 aliphatic carbocycles. The minimum Gasteiger partial charge on any atom is -0.491 e. The zero-order valence-electron chi connectivity index (χ0n) is 19.5. The Bertz CT molecular complexity index is 778. The van der Waals surface area contributed by atoms with Crippen molar-refractivity contribution in [3.05, 3.63) is 23.8 Å². The molecule has 7 nitrogen and oxygen atoms in total. The number of hydrogen-bond acceptors (Lipinski definition) is 5. The highest BCUT2D eigenvalue weighted by molar-refractivity contribution is 5.99. The fourth-order valence-electron chi connectivity index (χ4n) is 4.47. The van der Waals surface area contributed by atoms with Crippen molar-refractivity contribution >= 4 is 17.5 Å². The van der Waals surface area contributed by atoms with Crippen molar-refractivity contribution in [1.29, 1.82) is 0 Å². The summed E-state index contributed by atoms with van der Waals surface area (Å²) in [4.78, 5) is 29.8. The smallest absolute Gasteiger partial charge is 0.257 e. The van der Waals surface area contributed by atoms with E-state index in [1.807, 2.05) is 6.07 Å². The molecule has 1 heterocycles. The zero-order chi connectivity index (χ0) is 22.5. The average Bonchev–Trinajstić information content (AvgIpc) is 3.29. The molecule has 3 atom stereocenters. The molecule has 0 unspecified atom stereocenters. The summed E-state index contributed by atoms with van der Waals surface area (Å²) in [5.74, 6) is 0.761. The molecule has 1 saturated carbocycles. The Hall–Kier alpha value is -2.12. The Labute approximate surface area is 186 Å². The summed E-state index contributed by atoms with van der Waals surface area (Å²) in [5.41, 5.74) is 1.10. The van der Waals surface area contributed by atoms with Crippen LogP contribution in [0.2, 0.25) is 0 Å². The number of fused-ring (bicyclic) bond motifs is 1. The van der Waals surface area contributed by atoms with E-state index < -0.39 is 0 Å². The van der Waals surface area contributed by atoms with Gasteiger partial charge in [-0.2, -0.15) is 0 Å². The van der Waals surface area contributed by atoms with Crippen LogP contribution in [0.1, 0.15) is 49.9 Å². The van der Waals surface area contributed by atoms with Gasteiger partial charge in [-0.05, 0) is 50.9 Å². The fraction of sp³-hybridized carbons (Fsp3) is 0.667. The molecular formula is C24H37N3O4. The van der Waals surface area contributed by atoms with Crippen LogP contribution in [0, 0.1) is 11.8 Å². The van der Waals surface area contributed by atoms with E-state index in [0.29, 0.717) is 30.2 Å². The lowest BCUT2D eigenvalue weighted by atomic mass is 10.0. The monoisotopic (exact) mass is 431 g/mol. The quantitative estimate of drug-likeness (QED) is 0.796. The summed E-state index contributed by atoms with van der Waals surface area (Å²) < 4.78 is 11.8. The Morgan fingerprint density at radius 2 is 1.87 bits per heavy atom. The van der Waals surface area contributed by atoms with E-state index in [0.717, 1.165) is 32.2 Å². The number of ether oxygens (including phenoxy) is 2. The zero-order valence-corrected chi connectivity index (χ0v) is 19.5. The van der Waals surface area contributed by atoms with Crippen molar-refractivity contribution in [2.45, 2.75) is 51.7 Å². The van der Waals surface area contributed by atoms with Crippen LogP contribution in [0.15, 0.2) is 18.2 Å². The minimum atomic E-state index is -0.136. The Morgan fingerprint density at radius 1 is 1.16 bits per heavy atom. The van der Waals surface area contributed by atoms with Gasteiger partial charge in [-0.15, -0.1) is 0 Å². The summed E-state index contributed by atoms with van der Waals surface area (Å²) in [5, 5.41) is 3.00. The molecule has 1 aliphatic heterocycles. The average molecular weight is 432 g/mol. The maximum atomic E-state index is 13.3. The third kappa shape index (κ3) is 5.77. The van der Waals surface area contributed by atoms with E-state index in [4.69, 9.17) is 9.47 Å². The number of nitrogens with zero attached hydrogens (tertiary/aromatic N) is 2. The van der Waals surface area contributed by atoms with Gasteiger partial charge in [0, 0.05) is 44.9 Å². The molecule has 0 spiro atoms. The van der Waals surface area contributed by atoms with Crippen molar-refractivity contribution in [1.82, 2.24) is 9.80 Å². The molecule has 172 valence electrons. The van der Waals surface area contributed by atoms with Gasteiger partial charge in [0.15, 0.2) is 0 Å². The highest BCUT2D eigenvalue weighted by Gasteiger charge is 2.28. The van der Waals surface area contributed by atoms with E-state index in [9.17, 15) is 9.59 Å². The fourth-order valence-corrected chi connectivity index (χ4v) is 4.47. The number of carbonyl (C=O) groups excluding carboxylic acids is 2. The summed E-state index contributed by atoms with van der Waals surface area (Å²) in [6.07, 6.45) is 4.00. The summed E-state index contributed by atoms with van der Waals surface area (Å²) >= 11 is 0. The van der Waals surface area contributed by atoms with Gasteiger partial charge >= 0.3 is 0 Å². The molecule has 31 heavy (non-hydrogen) atoms. The second-order valence-corrected chi connectivity index (χ2v) is 9.22. The lowest BCUT2D eigenvalue weighted by molar-refractivity contribution is -0.119. The third-order valence-corrected chi connectivity index (χ3v) is 6.75. The normalized spacial score (nSPS) is 26.5. The van der Waals surface area contributed by atoms with Gasteiger partial charge in [0.25, 0.3) is 5.91 Å². The maximum Gasteiger partial charge on any atom is 0.257 e. The number of benzene rings is 1. The largest absolute Gasteiger partial charge is 0.491 e. The molecule has 1 N–H and O–H groups in total. The van der Waals surface area contributed by atoms with Crippen LogP contribution in [0.25, 0.3) is 0 Å². The van der Waals surface area contributed by atoms with Gasteiger partial charge in [-0.3, -0.25) is 14.5 Å². The highest BCUT2D eigenvalue weighted by Crippen LogP contribution is 2.29. The molecule has 0 bridgehead atoms. The first-order valence-electron chi connectivity index (χ1n) is 11.4. The van der Waals surface area contributed by atoms with Crippen LogP contribution in [-0.2, 0) is 9.53 Å². The Kier molecular flexibility index (Phi) is 7.94. The third-order valence-electron chi connectivity index (χ3n) is 6.75. The molecule has 0 radical (unpaired) electrons. The predicted octanol–water partition coefficient (Wildman–Crippen LogP) is 3.25. The van der Waals surface area contributed by atoms with Gasteiger partial charge in [0.1, 0.15) is 12.4 Å². The van der Waals surface area contributed by atoms with E-state index >= 15 is 0 Å². The molecular weight excluding hydrogens is 394 g/mol. The summed E-state index contributed by atoms with van der Waals surface area (Å²) in [6, 6.07) is 5.54. The van der Waals surface area contributed by atoms with Crippen molar-refractivity contribution in [3.63, 3.8) is 0 Å². The number of likely N-dealkylation sites (N-methyl/N-ethyl adjacent to an activating group) is 2. The molecule has 2 amide bonds. The summed E-state index contributed by atoms with van der Waals surface area (Å²) in [6.45, 7) is 6.07. The number of methoxy groups -OCH3 is 1. The molecule has 1 fully saturated rings. The number of rotatable bonds is 3. The van der Waals surface area contributed by atoms with Crippen LogP contribution in [0.3, 0.4) is 0 Å². The topological polar surface area (TPSA) is 71.1 Å². The van der Waals surface area contributed by atoms with E-state index in [2.05, 4.69) is 31.1 Å². The number of nitrogens with one attached hydrogen (secondary N) is 1.